The number of hydrogen-bond donors (Lipinski definition) is 0. The van der Waals surface area contributed by atoms with Crippen LogP contribution in [0.1, 0.15) is 15.9 Å². The van der Waals surface area contributed by atoms with Crippen LogP contribution < -0.4 is 0 Å². The van der Waals surface area contributed by atoms with E-state index >= 15 is 0 Å². The number of hydrogen-bond acceptors (Lipinski definition) is 2. The predicted octanol–water partition coefficient (Wildman–Crippen LogP) is 1.83. The first-order chi connectivity index (χ1) is 7.75. The van der Waals surface area contributed by atoms with Crippen molar-refractivity contribution < 1.29 is 9.53 Å². The lowest BCUT2D eigenvalue weighted by Crippen LogP contribution is -2.31. The molecule has 0 atom stereocenters. The van der Waals surface area contributed by atoms with E-state index in [1.165, 1.54) is 5.56 Å². The van der Waals surface area contributed by atoms with Gasteiger partial charge in [-0.25, -0.2) is 0 Å². The molecule has 1 aliphatic heterocycles. The minimum atomic E-state index is 0.245. The Morgan fingerprint density at radius 2 is 1.88 bits per heavy atom. The average molecular weight is 237 g/mol. The molecule has 16 heavy (non-hydrogen) atoms. The van der Waals surface area contributed by atoms with Crippen LogP contribution >= 0.6 is 0 Å². The zero-order valence-electron chi connectivity index (χ0n) is 9.57. The number of ketones is 1. The van der Waals surface area contributed by atoms with Crippen LogP contribution in [0, 0.1) is 6.92 Å². The predicted molar refractivity (Wildman–Crippen MR) is 68.3 cm³/mol. The van der Waals surface area contributed by atoms with Gasteiger partial charge in [-0.3, -0.25) is 4.79 Å². The van der Waals surface area contributed by atoms with Crippen molar-refractivity contribution >= 4 is 16.7 Å². The third kappa shape index (κ3) is 3.09. The highest BCUT2D eigenvalue weighted by Gasteiger charge is 2.25. The summed E-state index contributed by atoms with van der Waals surface area (Å²) >= 11 is 0. The summed E-state index contributed by atoms with van der Waals surface area (Å²) in [7, 11) is 0.245. The van der Waals surface area contributed by atoms with Crippen molar-refractivity contribution in [3.05, 3.63) is 35.4 Å². The molecule has 0 aromatic heterocycles. The Morgan fingerprint density at radius 1 is 1.25 bits per heavy atom. The van der Waals surface area contributed by atoms with Crippen LogP contribution in [0.5, 0.6) is 0 Å². The average Bonchev–Trinajstić information content (AvgIpc) is 2.31. The van der Waals surface area contributed by atoms with Gasteiger partial charge in [-0.05, 0) is 6.92 Å². The normalized spacial score (nSPS) is 17.3. The number of Topliss-reactive ketones (excluding diaryl/α,β-unsaturated/α-hetero) is 1. The molecule has 0 aliphatic carbocycles. The van der Waals surface area contributed by atoms with Gasteiger partial charge < -0.3 is 4.74 Å². The van der Waals surface area contributed by atoms with Crippen molar-refractivity contribution in [1.82, 2.24) is 0 Å². The van der Waals surface area contributed by atoms with E-state index in [1.54, 1.807) is 0 Å². The summed E-state index contributed by atoms with van der Waals surface area (Å²) in [6, 6.07) is 7.86. The topological polar surface area (TPSA) is 26.3 Å². The van der Waals surface area contributed by atoms with Gasteiger partial charge >= 0.3 is 0 Å². The van der Waals surface area contributed by atoms with Crippen LogP contribution in [0.3, 0.4) is 0 Å². The number of benzene rings is 1. The smallest absolute Gasteiger partial charge is 0.211 e. The molecule has 0 unspecified atom stereocenters. The van der Waals surface area contributed by atoms with E-state index in [0.717, 1.165) is 30.3 Å². The van der Waals surface area contributed by atoms with Gasteiger partial charge in [0, 0.05) is 16.5 Å². The zero-order chi connectivity index (χ0) is 11.4. The van der Waals surface area contributed by atoms with Crippen molar-refractivity contribution in [2.45, 2.75) is 6.92 Å². The Bertz CT molecular complexity index is 353. The standard InChI is InChI=1S/C13H17O2S/c1-11-2-4-12(5-3-11)13(14)10-16-8-6-15-7-9-16/h2-5H,6-10H2,1H3/q+1. The minimum Gasteiger partial charge on any atom is -0.372 e. The third-order valence-electron chi connectivity index (χ3n) is 2.74. The molecular formula is C13H17O2S+. The molecule has 2 nitrogen and oxygen atoms in total. The van der Waals surface area contributed by atoms with Crippen molar-refractivity contribution in [3.8, 4) is 0 Å². The zero-order valence-corrected chi connectivity index (χ0v) is 10.4. The molecule has 0 radical (unpaired) electrons. The van der Waals surface area contributed by atoms with Crippen LogP contribution in [0.15, 0.2) is 24.3 Å². The highest BCUT2D eigenvalue weighted by Crippen LogP contribution is 2.09. The maximum absolute atomic E-state index is 12.0. The Balaban J connectivity index is 1.94. The quantitative estimate of drug-likeness (QED) is 0.592. The van der Waals surface area contributed by atoms with Crippen molar-refractivity contribution in [1.29, 1.82) is 0 Å². The van der Waals surface area contributed by atoms with E-state index in [-0.39, 0.29) is 16.7 Å². The first-order valence-corrected chi connectivity index (χ1v) is 7.30. The SMILES string of the molecule is Cc1ccc(C(=O)C[S+]2CCOCC2)cc1. The number of aryl methyl sites for hydroxylation is 1. The lowest BCUT2D eigenvalue weighted by atomic mass is 10.1. The molecule has 1 saturated heterocycles. The largest absolute Gasteiger partial charge is 0.372 e. The molecule has 0 amide bonds. The van der Waals surface area contributed by atoms with E-state index in [9.17, 15) is 4.79 Å². The second-order valence-corrected chi connectivity index (χ2v) is 6.40. The van der Waals surface area contributed by atoms with Crippen molar-refractivity contribution in [2.24, 2.45) is 0 Å². The molecule has 0 N–H and O–H groups in total. The van der Waals surface area contributed by atoms with Crippen LogP contribution in [0.25, 0.3) is 0 Å². The van der Waals surface area contributed by atoms with Crippen LogP contribution in [-0.4, -0.2) is 36.3 Å². The van der Waals surface area contributed by atoms with E-state index in [1.807, 2.05) is 31.2 Å². The summed E-state index contributed by atoms with van der Waals surface area (Å²) < 4.78 is 5.30. The minimum absolute atomic E-state index is 0.245. The van der Waals surface area contributed by atoms with E-state index in [4.69, 9.17) is 4.74 Å². The maximum atomic E-state index is 12.0. The Morgan fingerprint density at radius 3 is 2.50 bits per heavy atom. The molecular weight excluding hydrogens is 220 g/mol. The lowest BCUT2D eigenvalue weighted by molar-refractivity contribution is 0.102. The van der Waals surface area contributed by atoms with Gasteiger partial charge in [-0.2, -0.15) is 0 Å². The summed E-state index contributed by atoms with van der Waals surface area (Å²) in [5, 5.41) is 0. The third-order valence-corrected chi connectivity index (χ3v) is 4.90. The van der Waals surface area contributed by atoms with Gasteiger partial charge in [0.05, 0.1) is 13.2 Å². The van der Waals surface area contributed by atoms with Crippen LogP contribution in [0.2, 0.25) is 0 Å². The van der Waals surface area contributed by atoms with Crippen LogP contribution in [0.4, 0.5) is 0 Å². The molecule has 1 heterocycles. The first-order valence-electron chi connectivity index (χ1n) is 5.57. The van der Waals surface area contributed by atoms with Crippen LogP contribution in [-0.2, 0) is 15.6 Å². The fourth-order valence-electron chi connectivity index (χ4n) is 1.71. The monoisotopic (exact) mass is 237 g/mol. The van der Waals surface area contributed by atoms with Gasteiger partial charge in [0.15, 0.2) is 5.75 Å². The fourth-order valence-corrected chi connectivity index (χ4v) is 3.45. The highest BCUT2D eigenvalue weighted by atomic mass is 32.2. The molecule has 1 aromatic rings. The first kappa shape index (κ1) is 11.7. The van der Waals surface area contributed by atoms with Gasteiger partial charge in [0.2, 0.25) is 5.78 Å². The summed E-state index contributed by atoms with van der Waals surface area (Å²) in [6.07, 6.45) is 0. The Kier molecular flexibility index (Phi) is 4.02. The highest BCUT2D eigenvalue weighted by molar-refractivity contribution is 7.97. The molecule has 0 spiro atoms. The summed E-state index contributed by atoms with van der Waals surface area (Å²) in [6.45, 7) is 3.68. The molecule has 1 fully saturated rings. The fraction of sp³-hybridized carbons (Fsp3) is 0.462. The molecule has 0 bridgehead atoms. The van der Waals surface area contributed by atoms with Gasteiger partial charge in [-0.15, -0.1) is 0 Å². The maximum Gasteiger partial charge on any atom is 0.211 e. The second kappa shape index (κ2) is 5.51. The summed E-state index contributed by atoms with van der Waals surface area (Å²) in [4.78, 5) is 12.0. The number of rotatable bonds is 3. The number of carbonyl (C=O) groups is 1. The molecule has 0 saturated carbocycles. The lowest BCUT2D eigenvalue weighted by Gasteiger charge is -2.13. The molecule has 3 heteroatoms. The summed E-state index contributed by atoms with van der Waals surface area (Å²) in [5.74, 6) is 3.09. The van der Waals surface area contributed by atoms with E-state index in [2.05, 4.69) is 0 Å². The van der Waals surface area contributed by atoms with Crippen molar-refractivity contribution in [2.75, 3.05) is 30.5 Å². The molecule has 1 aromatic carbocycles. The number of ether oxygens (including phenoxy) is 1. The number of carbonyl (C=O) groups excluding carboxylic acids is 1. The van der Waals surface area contributed by atoms with E-state index < -0.39 is 0 Å². The van der Waals surface area contributed by atoms with Gasteiger partial charge in [-0.1, -0.05) is 29.8 Å². The summed E-state index contributed by atoms with van der Waals surface area (Å²) in [5.41, 5.74) is 2.05. The van der Waals surface area contributed by atoms with Crippen molar-refractivity contribution in [3.63, 3.8) is 0 Å². The Hall–Kier alpha value is -0.800. The van der Waals surface area contributed by atoms with Gasteiger partial charge in [0.1, 0.15) is 11.5 Å². The molecule has 2 rings (SSSR count). The molecule has 1 aliphatic rings. The molecule has 86 valence electrons. The Labute approximate surface area is 99.3 Å². The van der Waals surface area contributed by atoms with Gasteiger partial charge in [0.25, 0.3) is 0 Å². The second-order valence-electron chi connectivity index (χ2n) is 4.07. The van der Waals surface area contributed by atoms with E-state index in [0.29, 0.717) is 5.75 Å².